The number of carbonyl (C=O) groups excluding carboxylic acids is 1. The number of aromatic nitrogens is 2. The average Bonchev–Trinajstić information content (AvgIpc) is 3.14. The van der Waals surface area contributed by atoms with Crippen LogP contribution in [-0.2, 0) is 6.54 Å². The SMILES string of the molecule is Cc1ncsc1-c1ccc(CNC(=O)c2cc(O)c[nH]2)cc1. The molecule has 112 valence electrons. The third kappa shape index (κ3) is 3.01. The molecule has 2 heterocycles. The van der Waals surface area contributed by atoms with Gasteiger partial charge in [0.1, 0.15) is 11.4 Å². The summed E-state index contributed by atoms with van der Waals surface area (Å²) in [6, 6.07) is 9.43. The van der Waals surface area contributed by atoms with E-state index in [4.69, 9.17) is 0 Å². The number of aryl methyl sites for hydroxylation is 1. The van der Waals surface area contributed by atoms with E-state index in [0.29, 0.717) is 12.2 Å². The Morgan fingerprint density at radius 2 is 2.14 bits per heavy atom. The van der Waals surface area contributed by atoms with E-state index in [9.17, 15) is 9.90 Å². The van der Waals surface area contributed by atoms with Crippen molar-refractivity contribution in [2.24, 2.45) is 0 Å². The second kappa shape index (κ2) is 6.03. The molecule has 1 aromatic carbocycles. The molecule has 3 aromatic rings. The van der Waals surface area contributed by atoms with Crippen LogP contribution >= 0.6 is 11.3 Å². The molecule has 22 heavy (non-hydrogen) atoms. The lowest BCUT2D eigenvalue weighted by molar-refractivity contribution is 0.0946. The number of aromatic hydroxyl groups is 1. The first-order chi connectivity index (χ1) is 10.6. The second-order valence-electron chi connectivity index (χ2n) is 4.92. The van der Waals surface area contributed by atoms with Crippen LogP contribution in [0.15, 0.2) is 42.0 Å². The van der Waals surface area contributed by atoms with E-state index in [1.54, 1.807) is 11.3 Å². The quantitative estimate of drug-likeness (QED) is 0.692. The summed E-state index contributed by atoms with van der Waals surface area (Å²) in [6.45, 7) is 2.42. The number of aromatic amines is 1. The van der Waals surface area contributed by atoms with Crippen LogP contribution in [-0.4, -0.2) is 21.0 Å². The molecule has 3 rings (SSSR count). The Hall–Kier alpha value is -2.60. The summed E-state index contributed by atoms with van der Waals surface area (Å²) in [5.41, 5.74) is 5.34. The highest BCUT2D eigenvalue weighted by atomic mass is 32.1. The lowest BCUT2D eigenvalue weighted by Gasteiger charge is -2.05. The second-order valence-corrected chi connectivity index (χ2v) is 5.77. The van der Waals surface area contributed by atoms with Gasteiger partial charge in [0.05, 0.1) is 16.1 Å². The number of thiazole rings is 1. The summed E-state index contributed by atoms with van der Waals surface area (Å²) in [4.78, 5) is 20.0. The molecule has 0 unspecified atom stereocenters. The highest BCUT2D eigenvalue weighted by Crippen LogP contribution is 2.27. The van der Waals surface area contributed by atoms with E-state index in [1.165, 1.54) is 12.3 Å². The van der Waals surface area contributed by atoms with Crippen molar-refractivity contribution in [2.75, 3.05) is 0 Å². The molecule has 2 aromatic heterocycles. The summed E-state index contributed by atoms with van der Waals surface area (Å²) in [7, 11) is 0. The number of benzene rings is 1. The highest BCUT2D eigenvalue weighted by molar-refractivity contribution is 7.13. The molecular weight excluding hydrogens is 298 g/mol. The predicted octanol–water partition coefficient (Wildman–Crippen LogP) is 3.08. The van der Waals surface area contributed by atoms with Gasteiger partial charge in [-0.2, -0.15) is 0 Å². The third-order valence-corrected chi connectivity index (χ3v) is 4.30. The molecule has 0 bridgehead atoms. The molecule has 6 heteroatoms. The van der Waals surface area contributed by atoms with Gasteiger partial charge in [-0.25, -0.2) is 4.98 Å². The van der Waals surface area contributed by atoms with Crippen molar-refractivity contribution in [1.29, 1.82) is 0 Å². The van der Waals surface area contributed by atoms with Gasteiger partial charge in [0, 0.05) is 18.8 Å². The maximum Gasteiger partial charge on any atom is 0.268 e. The van der Waals surface area contributed by atoms with Crippen molar-refractivity contribution in [3.05, 3.63) is 59.0 Å². The smallest absolute Gasteiger partial charge is 0.268 e. The molecule has 0 saturated carbocycles. The largest absolute Gasteiger partial charge is 0.506 e. The summed E-state index contributed by atoms with van der Waals surface area (Å²) >= 11 is 1.62. The minimum atomic E-state index is -0.248. The lowest BCUT2D eigenvalue weighted by atomic mass is 10.1. The van der Waals surface area contributed by atoms with Gasteiger partial charge in [0.2, 0.25) is 0 Å². The van der Waals surface area contributed by atoms with E-state index < -0.39 is 0 Å². The first kappa shape index (κ1) is 14.3. The Morgan fingerprint density at radius 3 is 2.73 bits per heavy atom. The number of amides is 1. The topological polar surface area (TPSA) is 78.0 Å². The van der Waals surface area contributed by atoms with Crippen molar-refractivity contribution in [2.45, 2.75) is 13.5 Å². The monoisotopic (exact) mass is 313 g/mol. The molecule has 0 saturated heterocycles. The van der Waals surface area contributed by atoms with Crippen molar-refractivity contribution in [3.63, 3.8) is 0 Å². The Labute approximate surface area is 131 Å². The van der Waals surface area contributed by atoms with Gasteiger partial charge in [-0.1, -0.05) is 24.3 Å². The molecule has 0 spiro atoms. The zero-order chi connectivity index (χ0) is 15.5. The fraction of sp³-hybridized carbons (Fsp3) is 0.125. The van der Waals surface area contributed by atoms with Crippen LogP contribution in [0.2, 0.25) is 0 Å². The van der Waals surface area contributed by atoms with E-state index in [0.717, 1.165) is 21.7 Å². The summed E-state index contributed by atoms with van der Waals surface area (Å²) in [6.07, 6.45) is 1.38. The molecule has 0 aliphatic rings. The maximum absolute atomic E-state index is 11.9. The van der Waals surface area contributed by atoms with Gasteiger partial charge in [-0.05, 0) is 18.1 Å². The number of hydrogen-bond donors (Lipinski definition) is 3. The Morgan fingerprint density at radius 1 is 1.36 bits per heavy atom. The standard InChI is InChI=1S/C16H15N3O2S/c1-10-15(22-9-19-10)12-4-2-11(3-5-12)7-18-16(21)14-6-13(20)8-17-14/h2-6,8-9,17,20H,7H2,1H3,(H,18,21). The van der Waals surface area contributed by atoms with E-state index >= 15 is 0 Å². The number of H-pyrrole nitrogens is 1. The molecule has 0 aliphatic heterocycles. The number of nitrogens with one attached hydrogen (secondary N) is 2. The van der Waals surface area contributed by atoms with Gasteiger partial charge >= 0.3 is 0 Å². The van der Waals surface area contributed by atoms with Crippen LogP contribution in [0, 0.1) is 6.92 Å². The normalized spacial score (nSPS) is 10.6. The number of nitrogens with zero attached hydrogens (tertiary/aromatic N) is 1. The van der Waals surface area contributed by atoms with Gasteiger partial charge in [0.15, 0.2) is 0 Å². The average molecular weight is 313 g/mol. The number of rotatable bonds is 4. The van der Waals surface area contributed by atoms with Crippen molar-refractivity contribution in [3.8, 4) is 16.2 Å². The Balaban J connectivity index is 1.64. The summed E-state index contributed by atoms with van der Waals surface area (Å²) in [5, 5.41) is 12.0. The minimum Gasteiger partial charge on any atom is -0.506 e. The minimum absolute atomic E-state index is 0.0504. The molecule has 0 atom stereocenters. The van der Waals surface area contributed by atoms with Crippen LogP contribution in [0.1, 0.15) is 21.7 Å². The Bertz CT molecular complexity index is 790. The van der Waals surface area contributed by atoms with Crippen LogP contribution in [0.5, 0.6) is 5.75 Å². The van der Waals surface area contributed by atoms with Crippen molar-refractivity contribution >= 4 is 17.2 Å². The highest BCUT2D eigenvalue weighted by Gasteiger charge is 2.08. The maximum atomic E-state index is 11.9. The molecule has 3 N–H and O–H groups in total. The van der Waals surface area contributed by atoms with Gasteiger partial charge in [0.25, 0.3) is 5.91 Å². The molecule has 0 radical (unpaired) electrons. The summed E-state index contributed by atoms with van der Waals surface area (Å²) in [5.74, 6) is -0.197. The third-order valence-electron chi connectivity index (χ3n) is 3.33. The fourth-order valence-electron chi connectivity index (χ4n) is 2.14. The van der Waals surface area contributed by atoms with E-state index in [1.807, 2.05) is 36.7 Å². The molecule has 5 nitrogen and oxygen atoms in total. The first-order valence-corrected chi connectivity index (χ1v) is 7.66. The van der Waals surface area contributed by atoms with E-state index in [2.05, 4.69) is 15.3 Å². The number of hydrogen-bond acceptors (Lipinski definition) is 4. The van der Waals surface area contributed by atoms with Crippen LogP contribution in [0.3, 0.4) is 0 Å². The van der Waals surface area contributed by atoms with Gasteiger partial charge in [-0.15, -0.1) is 11.3 Å². The number of carbonyl (C=O) groups is 1. The van der Waals surface area contributed by atoms with Crippen LogP contribution in [0.4, 0.5) is 0 Å². The first-order valence-electron chi connectivity index (χ1n) is 6.78. The molecule has 0 fully saturated rings. The zero-order valence-corrected chi connectivity index (χ0v) is 12.8. The fourth-order valence-corrected chi connectivity index (χ4v) is 2.96. The lowest BCUT2D eigenvalue weighted by Crippen LogP contribution is -2.22. The van der Waals surface area contributed by atoms with Gasteiger partial charge in [-0.3, -0.25) is 4.79 Å². The molecule has 0 aliphatic carbocycles. The molecular formula is C16H15N3O2S. The predicted molar refractivity (Wildman–Crippen MR) is 85.9 cm³/mol. The van der Waals surface area contributed by atoms with Crippen molar-refractivity contribution in [1.82, 2.24) is 15.3 Å². The van der Waals surface area contributed by atoms with Gasteiger partial charge < -0.3 is 15.4 Å². The zero-order valence-electron chi connectivity index (χ0n) is 12.0. The van der Waals surface area contributed by atoms with Crippen molar-refractivity contribution < 1.29 is 9.90 Å². The van der Waals surface area contributed by atoms with Crippen LogP contribution in [0.25, 0.3) is 10.4 Å². The molecule has 1 amide bonds. The Kier molecular flexibility index (Phi) is 3.93. The van der Waals surface area contributed by atoms with E-state index in [-0.39, 0.29) is 11.7 Å². The van der Waals surface area contributed by atoms with Crippen LogP contribution < -0.4 is 5.32 Å². The summed E-state index contributed by atoms with van der Waals surface area (Å²) < 4.78 is 0.